The summed E-state index contributed by atoms with van der Waals surface area (Å²) < 4.78 is 13.4. The third-order valence-corrected chi connectivity index (χ3v) is 3.92. The number of rotatable bonds is 3. The topological polar surface area (TPSA) is 12.9 Å². The minimum Gasteiger partial charge on any atom is -0.264 e. The van der Waals surface area contributed by atoms with Gasteiger partial charge in [-0.05, 0) is 47.9 Å². The van der Waals surface area contributed by atoms with Crippen molar-refractivity contribution >= 4 is 0 Å². The summed E-state index contributed by atoms with van der Waals surface area (Å²) in [5.74, 6) is 0.443. The van der Waals surface area contributed by atoms with Gasteiger partial charge in [-0.25, -0.2) is 4.39 Å². The Balaban J connectivity index is 1.85. The third kappa shape index (κ3) is 2.96. The van der Waals surface area contributed by atoms with Crippen molar-refractivity contribution in [1.82, 2.24) is 4.98 Å². The summed E-state index contributed by atoms with van der Waals surface area (Å²) in [6.07, 6.45) is 8.88. The predicted molar refractivity (Wildman–Crippen MR) is 79.9 cm³/mol. The van der Waals surface area contributed by atoms with Crippen LogP contribution >= 0.6 is 0 Å². The Morgan fingerprint density at radius 3 is 2.80 bits per heavy atom. The highest BCUT2D eigenvalue weighted by Crippen LogP contribution is 2.31. The van der Waals surface area contributed by atoms with E-state index in [0.717, 1.165) is 19.3 Å². The Hall–Kier alpha value is -1.96. The molecule has 1 heterocycles. The van der Waals surface area contributed by atoms with E-state index in [1.807, 2.05) is 30.6 Å². The molecular weight excluding hydrogens is 249 g/mol. The van der Waals surface area contributed by atoms with E-state index < -0.39 is 0 Å². The van der Waals surface area contributed by atoms with Crippen LogP contribution in [0.5, 0.6) is 0 Å². The van der Waals surface area contributed by atoms with Crippen LogP contribution in [0.4, 0.5) is 4.39 Å². The molecule has 0 saturated carbocycles. The Kier molecular flexibility index (Phi) is 3.91. The molecule has 0 bridgehead atoms. The molecule has 1 aromatic carbocycles. The molecule has 2 heteroatoms. The molecule has 0 spiro atoms. The van der Waals surface area contributed by atoms with E-state index in [-0.39, 0.29) is 5.83 Å². The maximum atomic E-state index is 13.4. The molecule has 1 aromatic heterocycles. The van der Waals surface area contributed by atoms with E-state index in [9.17, 15) is 4.39 Å². The Bertz CT molecular complexity index is 604. The van der Waals surface area contributed by atoms with Gasteiger partial charge < -0.3 is 0 Å². The van der Waals surface area contributed by atoms with Gasteiger partial charge in [0, 0.05) is 18.8 Å². The zero-order chi connectivity index (χ0) is 13.8. The number of pyridine rings is 1. The second-order valence-corrected chi connectivity index (χ2v) is 5.40. The molecule has 0 aliphatic heterocycles. The quantitative estimate of drug-likeness (QED) is 0.767. The molecule has 0 radical (unpaired) electrons. The van der Waals surface area contributed by atoms with Crippen molar-refractivity contribution in [3.8, 4) is 11.1 Å². The van der Waals surface area contributed by atoms with Gasteiger partial charge in [0.15, 0.2) is 0 Å². The summed E-state index contributed by atoms with van der Waals surface area (Å²) in [6.45, 7) is 0. The van der Waals surface area contributed by atoms with E-state index in [2.05, 4.69) is 23.2 Å². The molecule has 0 saturated heterocycles. The standard InChI is InChI=1S/C18H18FN/c19-17-8-4-5-14(12-17)11-16-13-20-10-9-18(16)15-6-2-1-3-7-15/h1-3,6-10,13-14H,4-5,11-12H2. The lowest BCUT2D eigenvalue weighted by atomic mass is 9.86. The molecule has 1 atom stereocenters. The highest BCUT2D eigenvalue weighted by atomic mass is 19.1. The highest BCUT2D eigenvalue weighted by Gasteiger charge is 2.17. The molecule has 1 nitrogen and oxygen atoms in total. The molecule has 1 aliphatic carbocycles. The normalized spacial score (nSPS) is 18.6. The van der Waals surface area contributed by atoms with Crippen LogP contribution in [-0.2, 0) is 6.42 Å². The minimum atomic E-state index is 0.0476. The van der Waals surface area contributed by atoms with Crippen molar-refractivity contribution in [2.75, 3.05) is 0 Å². The number of hydrogen-bond acceptors (Lipinski definition) is 1. The van der Waals surface area contributed by atoms with E-state index >= 15 is 0 Å². The van der Waals surface area contributed by atoms with Crippen LogP contribution in [-0.4, -0.2) is 4.98 Å². The third-order valence-electron chi connectivity index (χ3n) is 3.92. The summed E-state index contributed by atoms with van der Waals surface area (Å²) in [4.78, 5) is 4.25. The lowest BCUT2D eigenvalue weighted by molar-refractivity contribution is 0.406. The first-order valence-electron chi connectivity index (χ1n) is 7.16. The molecule has 20 heavy (non-hydrogen) atoms. The molecule has 1 unspecified atom stereocenters. The second kappa shape index (κ2) is 6.00. The van der Waals surface area contributed by atoms with Crippen LogP contribution in [0.25, 0.3) is 11.1 Å². The van der Waals surface area contributed by atoms with Crippen LogP contribution < -0.4 is 0 Å². The van der Waals surface area contributed by atoms with Crippen molar-refractivity contribution in [2.45, 2.75) is 25.7 Å². The van der Waals surface area contributed by atoms with Crippen molar-refractivity contribution in [3.63, 3.8) is 0 Å². The first kappa shape index (κ1) is 13.0. The molecule has 0 N–H and O–H groups in total. The molecule has 102 valence electrons. The van der Waals surface area contributed by atoms with E-state index in [0.29, 0.717) is 12.3 Å². The number of aromatic nitrogens is 1. The smallest absolute Gasteiger partial charge is 0.0962 e. The molecular formula is C18H18FN. The average molecular weight is 267 g/mol. The first-order valence-corrected chi connectivity index (χ1v) is 7.16. The van der Waals surface area contributed by atoms with Gasteiger partial charge in [-0.1, -0.05) is 36.4 Å². The number of hydrogen-bond donors (Lipinski definition) is 0. The number of allylic oxidation sites excluding steroid dienone is 2. The van der Waals surface area contributed by atoms with Crippen molar-refractivity contribution < 1.29 is 4.39 Å². The SMILES string of the molecule is FC1=CCCC(Cc2cnccc2-c2ccccc2)C1. The van der Waals surface area contributed by atoms with Crippen LogP contribution in [0.2, 0.25) is 0 Å². The highest BCUT2D eigenvalue weighted by molar-refractivity contribution is 5.66. The molecule has 2 aromatic rings. The fourth-order valence-corrected chi connectivity index (χ4v) is 2.91. The summed E-state index contributed by atoms with van der Waals surface area (Å²) in [7, 11) is 0. The van der Waals surface area contributed by atoms with Gasteiger partial charge in [-0.15, -0.1) is 0 Å². The molecule has 3 rings (SSSR count). The summed E-state index contributed by atoms with van der Waals surface area (Å²) in [6, 6.07) is 12.4. The minimum absolute atomic E-state index is 0.0476. The first-order chi connectivity index (χ1) is 9.83. The van der Waals surface area contributed by atoms with Gasteiger partial charge in [0.25, 0.3) is 0 Å². The summed E-state index contributed by atoms with van der Waals surface area (Å²) in [5.41, 5.74) is 3.64. The Morgan fingerprint density at radius 1 is 1.15 bits per heavy atom. The van der Waals surface area contributed by atoms with Crippen LogP contribution in [0, 0.1) is 5.92 Å². The molecule has 0 amide bonds. The average Bonchev–Trinajstić information content (AvgIpc) is 2.49. The monoisotopic (exact) mass is 267 g/mol. The largest absolute Gasteiger partial charge is 0.264 e. The van der Waals surface area contributed by atoms with Gasteiger partial charge in [-0.2, -0.15) is 0 Å². The number of nitrogens with zero attached hydrogens (tertiary/aromatic N) is 1. The van der Waals surface area contributed by atoms with Gasteiger partial charge >= 0.3 is 0 Å². The predicted octanol–water partition coefficient (Wildman–Crippen LogP) is 4.94. The van der Waals surface area contributed by atoms with E-state index in [4.69, 9.17) is 0 Å². The number of benzene rings is 1. The zero-order valence-electron chi connectivity index (χ0n) is 11.4. The fourth-order valence-electron chi connectivity index (χ4n) is 2.91. The van der Waals surface area contributed by atoms with Crippen LogP contribution in [0.15, 0.2) is 60.7 Å². The Morgan fingerprint density at radius 2 is 2.00 bits per heavy atom. The lowest BCUT2D eigenvalue weighted by Gasteiger charge is -2.20. The van der Waals surface area contributed by atoms with Crippen LogP contribution in [0.3, 0.4) is 0 Å². The maximum absolute atomic E-state index is 13.4. The summed E-state index contributed by atoms with van der Waals surface area (Å²) in [5, 5.41) is 0. The van der Waals surface area contributed by atoms with Crippen LogP contribution in [0.1, 0.15) is 24.8 Å². The summed E-state index contributed by atoms with van der Waals surface area (Å²) >= 11 is 0. The zero-order valence-corrected chi connectivity index (χ0v) is 11.4. The molecule has 0 fully saturated rings. The van der Waals surface area contributed by atoms with E-state index in [1.165, 1.54) is 16.7 Å². The lowest BCUT2D eigenvalue weighted by Crippen LogP contribution is -2.09. The van der Waals surface area contributed by atoms with Crippen molar-refractivity contribution in [1.29, 1.82) is 0 Å². The van der Waals surface area contributed by atoms with Crippen molar-refractivity contribution in [2.24, 2.45) is 5.92 Å². The van der Waals surface area contributed by atoms with Gasteiger partial charge in [0.05, 0.1) is 5.83 Å². The van der Waals surface area contributed by atoms with Gasteiger partial charge in [-0.3, -0.25) is 4.98 Å². The fraction of sp³-hybridized carbons (Fsp3) is 0.278. The number of halogens is 1. The Labute approximate surface area is 119 Å². The van der Waals surface area contributed by atoms with E-state index in [1.54, 1.807) is 6.08 Å². The van der Waals surface area contributed by atoms with Crippen molar-refractivity contribution in [3.05, 3.63) is 66.3 Å². The second-order valence-electron chi connectivity index (χ2n) is 5.40. The molecule has 1 aliphatic rings. The maximum Gasteiger partial charge on any atom is 0.0962 e. The van der Waals surface area contributed by atoms with Gasteiger partial charge in [0.1, 0.15) is 0 Å². The van der Waals surface area contributed by atoms with Gasteiger partial charge in [0.2, 0.25) is 0 Å².